The van der Waals surface area contributed by atoms with Crippen LogP contribution in [-0.2, 0) is 4.79 Å². The minimum atomic E-state index is -1.03. The number of amides is 1. The Morgan fingerprint density at radius 1 is 1.25 bits per heavy atom. The number of carbonyl (C=O) groups excluding carboxylic acids is 1. The molecule has 3 rings (SSSR count). The van der Waals surface area contributed by atoms with Crippen LogP contribution < -0.4 is 0 Å². The number of nitrogens with zero attached hydrogens (tertiary/aromatic N) is 2. The van der Waals surface area contributed by atoms with Gasteiger partial charge in [-0.2, -0.15) is 0 Å². The average molecular weight is 526 g/mol. The summed E-state index contributed by atoms with van der Waals surface area (Å²) in [4.78, 5) is 30.4. The summed E-state index contributed by atoms with van der Waals surface area (Å²) in [7, 11) is 0. The van der Waals surface area contributed by atoms with Gasteiger partial charge in [0.25, 0.3) is 5.91 Å². The maximum atomic E-state index is 12.7. The van der Waals surface area contributed by atoms with Crippen molar-refractivity contribution in [3.63, 3.8) is 0 Å². The van der Waals surface area contributed by atoms with Crippen molar-refractivity contribution >= 4 is 72.4 Å². The van der Waals surface area contributed by atoms with Crippen LogP contribution in [0.3, 0.4) is 0 Å². The van der Waals surface area contributed by atoms with Gasteiger partial charge in [0, 0.05) is 6.54 Å². The molecule has 0 radical (unpaired) electrons. The number of aromatic carboxylic acids is 1. The maximum Gasteiger partial charge on any atom is 0.335 e. The topological polar surface area (TPSA) is 90.2 Å². The Kier molecular flexibility index (Phi) is 6.26. The number of phenolic OH excluding ortho intramolecular Hbond substituents is 1. The quantitative estimate of drug-likeness (QED) is 0.533. The van der Waals surface area contributed by atoms with Crippen LogP contribution in [0.25, 0.3) is 6.08 Å². The van der Waals surface area contributed by atoms with Gasteiger partial charge in [-0.1, -0.05) is 6.07 Å². The van der Waals surface area contributed by atoms with Crippen molar-refractivity contribution < 1.29 is 19.8 Å². The summed E-state index contributed by atoms with van der Waals surface area (Å²) >= 11 is 7.77. The van der Waals surface area contributed by atoms with Gasteiger partial charge in [0.2, 0.25) is 0 Å². The largest absolute Gasteiger partial charge is 0.506 e. The van der Waals surface area contributed by atoms with Crippen molar-refractivity contribution in [3.05, 3.63) is 61.4 Å². The number of aliphatic imine (C=N–C) groups is 1. The van der Waals surface area contributed by atoms with Crippen LogP contribution in [0.2, 0.25) is 0 Å². The highest BCUT2D eigenvalue weighted by Crippen LogP contribution is 2.37. The van der Waals surface area contributed by atoms with E-state index in [0.717, 1.165) is 5.56 Å². The molecule has 1 fully saturated rings. The van der Waals surface area contributed by atoms with Gasteiger partial charge >= 0.3 is 5.97 Å². The third kappa shape index (κ3) is 4.31. The lowest BCUT2D eigenvalue weighted by molar-refractivity contribution is -0.122. The number of carbonyl (C=O) groups is 2. The first kappa shape index (κ1) is 20.6. The monoisotopic (exact) mass is 524 g/mol. The standard InChI is InChI=1S/C19H14Br2N2O4S/c1-2-23-17(25)15(8-10-6-13(20)16(24)14(21)7-10)28-19(23)22-12-5-3-4-11(9-12)18(26)27/h3-9,24H,2H2,1H3,(H,26,27). The van der Waals surface area contributed by atoms with E-state index in [1.807, 2.05) is 6.92 Å². The molecule has 0 bridgehead atoms. The fraction of sp³-hybridized carbons (Fsp3) is 0.105. The molecule has 0 aliphatic carbocycles. The van der Waals surface area contributed by atoms with Gasteiger partial charge in [0.15, 0.2) is 5.17 Å². The summed E-state index contributed by atoms with van der Waals surface area (Å²) in [6.07, 6.45) is 1.72. The Balaban J connectivity index is 1.97. The molecular formula is C19H14Br2N2O4S. The molecule has 0 aromatic heterocycles. The number of hydrogen-bond donors (Lipinski definition) is 2. The summed E-state index contributed by atoms with van der Waals surface area (Å²) in [6, 6.07) is 9.68. The lowest BCUT2D eigenvalue weighted by atomic mass is 10.2. The van der Waals surface area contributed by atoms with E-state index in [-0.39, 0.29) is 17.2 Å². The fourth-order valence-corrected chi connectivity index (χ4v) is 4.79. The van der Waals surface area contributed by atoms with E-state index < -0.39 is 5.97 Å². The van der Waals surface area contributed by atoms with E-state index in [2.05, 4.69) is 36.9 Å². The van der Waals surface area contributed by atoms with Gasteiger partial charge in [0.05, 0.1) is 25.1 Å². The average Bonchev–Trinajstić information content (AvgIpc) is 2.94. The Morgan fingerprint density at radius 2 is 1.93 bits per heavy atom. The van der Waals surface area contributed by atoms with Crippen molar-refractivity contribution in [2.75, 3.05) is 6.54 Å². The molecule has 28 heavy (non-hydrogen) atoms. The van der Waals surface area contributed by atoms with Gasteiger partial charge < -0.3 is 10.2 Å². The van der Waals surface area contributed by atoms with Crippen molar-refractivity contribution in [3.8, 4) is 5.75 Å². The normalized spacial score (nSPS) is 17.0. The molecule has 1 heterocycles. The molecule has 0 unspecified atom stereocenters. The molecule has 2 N–H and O–H groups in total. The third-order valence-electron chi connectivity index (χ3n) is 3.86. The summed E-state index contributed by atoms with van der Waals surface area (Å²) in [6.45, 7) is 2.28. The molecule has 1 aliphatic heterocycles. The molecule has 0 saturated carbocycles. The smallest absolute Gasteiger partial charge is 0.335 e. The molecular weight excluding hydrogens is 512 g/mol. The third-order valence-corrected chi connectivity index (χ3v) is 6.07. The lowest BCUT2D eigenvalue weighted by Gasteiger charge is -2.12. The lowest BCUT2D eigenvalue weighted by Crippen LogP contribution is -2.28. The molecule has 1 aliphatic rings. The predicted molar refractivity (Wildman–Crippen MR) is 117 cm³/mol. The van der Waals surface area contributed by atoms with Crippen molar-refractivity contribution in [2.45, 2.75) is 6.92 Å². The molecule has 1 amide bonds. The van der Waals surface area contributed by atoms with E-state index in [9.17, 15) is 14.7 Å². The number of carboxylic acid groups (broad SMARTS) is 1. The number of halogens is 2. The molecule has 144 valence electrons. The molecule has 1 saturated heterocycles. The van der Waals surface area contributed by atoms with Gasteiger partial charge in [-0.15, -0.1) is 0 Å². The second-order valence-corrected chi connectivity index (χ2v) is 8.46. The molecule has 0 spiro atoms. The van der Waals surface area contributed by atoms with Crippen LogP contribution in [-0.4, -0.2) is 38.7 Å². The van der Waals surface area contributed by atoms with Crippen LogP contribution in [0.15, 0.2) is 55.2 Å². The van der Waals surface area contributed by atoms with Crippen molar-refractivity contribution in [2.24, 2.45) is 4.99 Å². The molecule has 2 aromatic carbocycles. The van der Waals surface area contributed by atoms with Gasteiger partial charge in [0.1, 0.15) is 5.75 Å². The van der Waals surface area contributed by atoms with Crippen LogP contribution in [0.4, 0.5) is 5.69 Å². The second-order valence-electron chi connectivity index (χ2n) is 5.74. The molecule has 0 atom stereocenters. The number of benzene rings is 2. The van der Waals surface area contributed by atoms with Gasteiger partial charge in [-0.3, -0.25) is 9.69 Å². The predicted octanol–water partition coefficient (Wildman–Crippen LogP) is 5.24. The minimum Gasteiger partial charge on any atom is -0.506 e. The highest BCUT2D eigenvalue weighted by Gasteiger charge is 2.32. The van der Waals surface area contributed by atoms with Crippen LogP contribution >= 0.6 is 43.6 Å². The van der Waals surface area contributed by atoms with Gasteiger partial charge in [-0.25, -0.2) is 9.79 Å². The van der Waals surface area contributed by atoms with E-state index in [1.54, 1.807) is 30.3 Å². The Bertz CT molecular complexity index is 1010. The fourth-order valence-electron chi connectivity index (χ4n) is 2.51. The van der Waals surface area contributed by atoms with Crippen LogP contribution in [0.5, 0.6) is 5.75 Å². The Labute approximate surface area is 182 Å². The highest BCUT2D eigenvalue weighted by atomic mass is 79.9. The minimum absolute atomic E-state index is 0.0864. The summed E-state index contributed by atoms with van der Waals surface area (Å²) in [5.74, 6) is -1.13. The first-order chi connectivity index (χ1) is 13.3. The summed E-state index contributed by atoms with van der Waals surface area (Å²) in [5.41, 5.74) is 1.33. The van der Waals surface area contributed by atoms with Crippen LogP contribution in [0.1, 0.15) is 22.8 Å². The molecule has 2 aromatic rings. The number of carboxylic acids is 1. The zero-order valence-electron chi connectivity index (χ0n) is 14.5. The van der Waals surface area contributed by atoms with E-state index in [0.29, 0.717) is 31.3 Å². The summed E-state index contributed by atoms with van der Waals surface area (Å²) in [5, 5.41) is 19.4. The number of rotatable bonds is 4. The second kappa shape index (κ2) is 8.50. The number of amidine groups is 1. The zero-order chi connectivity index (χ0) is 20.4. The summed E-state index contributed by atoms with van der Waals surface area (Å²) < 4.78 is 1.02. The van der Waals surface area contributed by atoms with Gasteiger partial charge in [-0.05, 0) is 92.5 Å². The highest BCUT2D eigenvalue weighted by molar-refractivity contribution is 9.11. The van der Waals surface area contributed by atoms with Crippen molar-refractivity contribution in [1.29, 1.82) is 0 Å². The van der Waals surface area contributed by atoms with Crippen molar-refractivity contribution in [1.82, 2.24) is 4.90 Å². The number of phenols is 1. The Hall–Kier alpha value is -2.10. The first-order valence-electron chi connectivity index (χ1n) is 8.11. The number of thioether (sulfide) groups is 1. The number of likely N-dealkylation sites (N-methyl/N-ethyl adjacent to an activating group) is 1. The molecule has 9 heteroatoms. The SMILES string of the molecule is CCN1C(=O)C(=Cc2cc(Br)c(O)c(Br)c2)SC1=Nc1cccc(C(=O)O)c1. The maximum absolute atomic E-state index is 12.7. The van der Waals surface area contributed by atoms with E-state index in [4.69, 9.17) is 5.11 Å². The Morgan fingerprint density at radius 3 is 2.54 bits per heavy atom. The van der Waals surface area contributed by atoms with Crippen LogP contribution in [0, 0.1) is 0 Å². The van der Waals surface area contributed by atoms with E-state index >= 15 is 0 Å². The number of hydrogen-bond acceptors (Lipinski definition) is 5. The number of aromatic hydroxyl groups is 1. The zero-order valence-corrected chi connectivity index (χ0v) is 18.5. The first-order valence-corrected chi connectivity index (χ1v) is 10.5. The van der Waals surface area contributed by atoms with E-state index in [1.165, 1.54) is 28.8 Å². The molecule has 6 nitrogen and oxygen atoms in total.